The maximum atomic E-state index is 12.2. The molecule has 0 aromatic heterocycles. The van der Waals surface area contributed by atoms with E-state index in [0.717, 1.165) is 11.1 Å². The van der Waals surface area contributed by atoms with Crippen LogP contribution in [0.3, 0.4) is 0 Å². The average Bonchev–Trinajstić information content (AvgIpc) is 2.31. The van der Waals surface area contributed by atoms with Gasteiger partial charge >= 0.3 is 0 Å². The minimum Gasteiger partial charge on any atom is -0.298 e. The van der Waals surface area contributed by atoms with Crippen molar-refractivity contribution in [2.24, 2.45) is 11.8 Å². The van der Waals surface area contributed by atoms with Crippen molar-refractivity contribution in [1.82, 2.24) is 0 Å². The molecule has 0 aliphatic carbocycles. The topological polar surface area (TPSA) is 40.9 Å². The van der Waals surface area contributed by atoms with Crippen molar-refractivity contribution >= 4 is 5.78 Å². The third-order valence-electron chi connectivity index (χ3n) is 3.27. The number of nitrogens with zero attached hydrogens (tertiary/aromatic N) is 1. The minimum absolute atomic E-state index is 0.0198. The van der Waals surface area contributed by atoms with E-state index in [0.29, 0.717) is 0 Å². The second-order valence-corrected chi connectivity index (χ2v) is 4.91. The molecule has 0 aliphatic heterocycles. The van der Waals surface area contributed by atoms with Crippen LogP contribution in [0.4, 0.5) is 0 Å². The van der Waals surface area contributed by atoms with E-state index < -0.39 is 5.92 Å². The fraction of sp³-hybridized carbons (Fsp3) is 0.467. The normalized spacial score (nSPS) is 14.1. The largest absolute Gasteiger partial charge is 0.298 e. The van der Waals surface area contributed by atoms with Crippen LogP contribution < -0.4 is 0 Å². The van der Waals surface area contributed by atoms with Crippen LogP contribution in [0.1, 0.15) is 37.8 Å². The second-order valence-electron chi connectivity index (χ2n) is 4.91. The lowest BCUT2D eigenvalue weighted by Gasteiger charge is -2.17. The highest BCUT2D eigenvalue weighted by molar-refractivity contribution is 5.90. The van der Waals surface area contributed by atoms with Crippen LogP contribution in [0.25, 0.3) is 0 Å². The van der Waals surface area contributed by atoms with Gasteiger partial charge in [0.05, 0.1) is 6.07 Å². The summed E-state index contributed by atoms with van der Waals surface area (Å²) in [5.74, 6) is -0.427. The Labute approximate surface area is 103 Å². The molecule has 0 saturated heterocycles. The standard InChI is InChI=1S/C15H19NO/c1-10(2)12(4)15(17)14(9-16)13-7-5-11(3)6-8-13/h5-8,10,12,14H,1-4H3. The van der Waals surface area contributed by atoms with Crippen molar-refractivity contribution in [3.05, 3.63) is 35.4 Å². The van der Waals surface area contributed by atoms with E-state index in [1.54, 1.807) is 0 Å². The van der Waals surface area contributed by atoms with Crippen molar-refractivity contribution in [3.8, 4) is 6.07 Å². The number of carbonyl (C=O) groups excluding carboxylic acids is 1. The fourth-order valence-corrected chi connectivity index (χ4v) is 1.65. The van der Waals surface area contributed by atoms with Gasteiger partial charge in [-0.25, -0.2) is 0 Å². The first kappa shape index (κ1) is 13.4. The van der Waals surface area contributed by atoms with Crippen LogP contribution in [0.2, 0.25) is 0 Å². The summed E-state index contributed by atoms with van der Waals surface area (Å²) in [4.78, 5) is 12.2. The zero-order chi connectivity index (χ0) is 13.0. The predicted octanol–water partition coefficient (Wildman–Crippen LogP) is 3.46. The lowest BCUT2D eigenvalue weighted by molar-refractivity contribution is -0.123. The molecule has 0 fully saturated rings. The molecule has 0 heterocycles. The van der Waals surface area contributed by atoms with E-state index in [2.05, 4.69) is 6.07 Å². The van der Waals surface area contributed by atoms with Crippen LogP contribution in [-0.4, -0.2) is 5.78 Å². The summed E-state index contributed by atoms with van der Waals surface area (Å²) in [6.07, 6.45) is 0. The Balaban J connectivity index is 2.97. The first-order valence-electron chi connectivity index (χ1n) is 5.97. The molecule has 1 rings (SSSR count). The van der Waals surface area contributed by atoms with Gasteiger partial charge in [-0.05, 0) is 18.4 Å². The summed E-state index contributed by atoms with van der Waals surface area (Å²) < 4.78 is 0. The number of Topliss-reactive ketones (excluding diaryl/α,β-unsaturated/α-hetero) is 1. The SMILES string of the molecule is Cc1ccc(C(C#N)C(=O)C(C)C(C)C)cc1. The Morgan fingerprint density at radius 1 is 1.18 bits per heavy atom. The van der Waals surface area contributed by atoms with Gasteiger partial charge in [0.25, 0.3) is 0 Å². The summed E-state index contributed by atoms with van der Waals surface area (Å²) in [7, 11) is 0. The van der Waals surface area contributed by atoms with Crippen molar-refractivity contribution in [2.75, 3.05) is 0 Å². The van der Waals surface area contributed by atoms with Crippen LogP contribution >= 0.6 is 0 Å². The molecular formula is C15H19NO. The zero-order valence-electron chi connectivity index (χ0n) is 10.9. The highest BCUT2D eigenvalue weighted by Crippen LogP contribution is 2.24. The first-order chi connectivity index (χ1) is 7.97. The molecule has 1 aromatic carbocycles. The molecule has 0 N–H and O–H groups in total. The number of rotatable bonds is 4. The average molecular weight is 229 g/mol. The smallest absolute Gasteiger partial charge is 0.157 e. The highest BCUT2D eigenvalue weighted by Gasteiger charge is 2.26. The molecule has 0 radical (unpaired) electrons. The Morgan fingerprint density at radius 3 is 2.12 bits per heavy atom. The number of carbonyl (C=O) groups is 1. The molecule has 2 unspecified atom stereocenters. The van der Waals surface area contributed by atoms with E-state index in [-0.39, 0.29) is 17.6 Å². The van der Waals surface area contributed by atoms with E-state index in [9.17, 15) is 10.1 Å². The van der Waals surface area contributed by atoms with Crippen molar-refractivity contribution in [3.63, 3.8) is 0 Å². The third kappa shape index (κ3) is 3.17. The number of nitriles is 1. The van der Waals surface area contributed by atoms with E-state index in [1.807, 2.05) is 52.0 Å². The van der Waals surface area contributed by atoms with Crippen molar-refractivity contribution in [1.29, 1.82) is 5.26 Å². The summed E-state index contributed by atoms with van der Waals surface area (Å²) in [6, 6.07) is 9.74. The number of ketones is 1. The Bertz CT molecular complexity index is 425. The highest BCUT2D eigenvalue weighted by atomic mass is 16.1. The van der Waals surface area contributed by atoms with Gasteiger partial charge in [0, 0.05) is 5.92 Å². The molecule has 0 saturated carbocycles. The lowest BCUT2D eigenvalue weighted by atomic mass is 9.83. The number of hydrogen-bond donors (Lipinski definition) is 0. The van der Waals surface area contributed by atoms with Crippen LogP contribution in [0.15, 0.2) is 24.3 Å². The minimum atomic E-state index is -0.631. The van der Waals surface area contributed by atoms with E-state index in [4.69, 9.17) is 0 Å². The summed E-state index contributed by atoms with van der Waals surface area (Å²) >= 11 is 0. The fourth-order valence-electron chi connectivity index (χ4n) is 1.65. The van der Waals surface area contributed by atoms with E-state index in [1.165, 1.54) is 0 Å². The summed E-state index contributed by atoms with van der Waals surface area (Å²) in [6.45, 7) is 7.90. The molecule has 2 heteroatoms. The molecule has 0 spiro atoms. The van der Waals surface area contributed by atoms with Crippen LogP contribution in [0.5, 0.6) is 0 Å². The van der Waals surface area contributed by atoms with Crippen LogP contribution in [0, 0.1) is 30.1 Å². The van der Waals surface area contributed by atoms with E-state index >= 15 is 0 Å². The predicted molar refractivity (Wildman–Crippen MR) is 68.5 cm³/mol. The molecule has 0 bridgehead atoms. The molecular weight excluding hydrogens is 210 g/mol. The Morgan fingerprint density at radius 2 is 1.71 bits per heavy atom. The van der Waals surface area contributed by atoms with Crippen molar-refractivity contribution in [2.45, 2.75) is 33.6 Å². The molecule has 1 aromatic rings. The first-order valence-corrected chi connectivity index (χ1v) is 5.97. The summed E-state index contributed by atoms with van der Waals surface area (Å²) in [5.41, 5.74) is 1.94. The zero-order valence-corrected chi connectivity index (χ0v) is 10.9. The number of aryl methyl sites for hydroxylation is 1. The molecule has 2 atom stereocenters. The van der Waals surface area contributed by atoms with Gasteiger partial charge in [-0.15, -0.1) is 0 Å². The van der Waals surface area contributed by atoms with Gasteiger partial charge in [0.1, 0.15) is 5.92 Å². The van der Waals surface area contributed by atoms with Gasteiger partial charge in [-0.2, -0.15) is 5.26 Å². The maximum Gasteiger partial charge on any atom is 0.157 e. The van der Waals surface area contributed by atoms with Crippen LogP contribution in [-0.2, 0) is 4.79 Å². The number of benzene rings is 1. The molecule has 0 aliphatic rings. The van der Waals surface area contributed by atoms with Gasteiger partial charge in [-0.1, -0.05) is 50.6 Å². The third-order valence-corrected chi connectivity index (χ3v) is 3.27. The maximum absolute atomic E-state index is 12.2. The second kappa shape index (κ2) is 5.63. The van der Waals surface area contributed by atoms with Gasteiger partial charge < -0.3 is 0 Å². The monoisotopic (exact) mass is 229 g/mol. The lowest BCUT2D eigenvalue weighted by Crippen LogP contribution is -2.23. The van der Waals surface area contributed by atoms with Gasteiger partial charge in [0.2, 0.25) is 0 Å². The molecule has 2 nitrogen and oxygen atoms in total. The quantitative estimate of drug-likeness (QED) is 0.793. The molecule has 0 amide bonds. The van der Waals surface area contributed by atoms with Gasteiger partial charge in [0.15, 0.2) is 5.78 Å². The summed E-state index contributed by atoms with van der Waals surface area (Å²) in [5, 5.41) is 9.18. The molecule has 17 heavy (non-hydrogen) atoms. The number of hydrogen-bond acceptors (Lipinski definition) is 2. The van der Waals surface area contributed by atoms with Gasteiger partial charge in [-0.3, -0.25) is 4.79 Å². The Kier molecular flexibility index (Phi) is 4.45. The van der Waals surface area contributed by atoms with Crippen molar-refractivity contribution < 1.29 is 4.79 Å². The Hall–Kier alpha value is -1.62. The molecule has 90 valence electrons.